The summed E-state index contributed by atoms with van der Waals surface area (Å²) in [5, 5.41) is 21.5. The Bertz CT molecular complexity index is 1140. The van der Waals surface area contributed by atoms with Crippen molar-refractivity contribution in [3.8, 4) is 0 Å². The van der Waals surface area contributed by atoms with Crippen LogP contribution >= 0.6 is 0 Å². The van der Waals surface area contributed by atoms with E-state index in [0.29, 0.717) is 45.9 Å². The van der Waals surface area contributed by atoms with Crippen LogP contribution in [0.15, 0.2) is 60.7 Å². The van der Waals surface area contributed by atoms with Crippen LogP contribution in [0.3, 0.4) is 0 Å². The van der Waals surface area contributed by atoms with Crippen molar-refractivity contribution in [3.05, 3.63) is 71.8 Å². The van der Waals surface area contributed by atoms with E-state index < -0.39 is 6.09 Å². The molecule has 3 aliphatic heterocycles. The second kappa shape index (κ2) is 16.8. The predicted octanol–water partition coefficient (Wildman–Crippen LogP) is 2.97. The van der Waals surface area contributed by atoms with Gasteiger partial charge in [0.1, 0.15) is 13.2 Å². The molecule has 3 saturated heterocycles. The van der Waals surface area contributed by atoms with Crippen LogP contribution in [0.25, 0.3) is 0 Å². The number of carbonyl (C=O) groups excluding carboxylic acids is 2. The van der Waals surface area contributed by atoms with Crippen LogP contribution < -0.4 is 5.32 Å². The monoisotopic (exact) mass is 596 g/mol. The molecular formula is C32H44N4O7. The van der Waals surface area contributed by atoms with E-state index in [4.69, 9.17) is 14.6 Å². The zero-order valence-corrected chi connectivity index (χ0v) is 24.7. The number of aliphatic hydroxyl groups excluding tert-OH is 1. The molecule has 3 amide bonds. The van der Waals surface area contributed by atoms with E-state index in [9.17, 15) is 19.5 Å². The number of benzene rings is 2. The maximum Gasteiger partial charge on any atom is 0.410 e. The fourth-order valence-electron chi connectivity index (χ4n) is 5.92. The predicted molar refractivity (Wildman–Crippen MR) is 161 cm³/mol. The zero-order valence-electron chi connectivity index (χ0n) is 24.7. The summed E-state index contributed by atoms with van der Waals surface area (Å²) >= 11 is 0. The van der Waals surface area contributed by atoms with Gasteiger partial charge in [-0.05, 0) is 43.2 Å². The second-order valence-electron chi connectivity index (χ2n) is 11.1. The average Bonchev–Trinajstić information content (AvgIpc) is 3.04. The average molecular weight is 597 g/mol. The topological polar surface area (TPSA) is 132 Å². The van der Waals surface area contributed by atoms with Gasteiger partial charge >= 0.3 is 12.2 Å². The molecule has 0 saturated carbocycles. The van der Waals surface area contributed by atoms with E-state index in [1.54, 1.807) is 9.80 Å². The lowest BCUT2D eigenvalue weighted by atomic mass is 9.92. The van der Waals surface area contributed by atoms with Crippen LogP contribution in [-0.4, -0.2) is 114 Å². The fourth-order valence-corrected chi connectivity index (χ4v) is 5.92. The molecule has 3 fully saturated rings. The van der Waals surface area contributed by atoms with Gasteiger partial charge in [-0.15, -0.1) is 0 Å². The molecule has 43 heavy (non-hydrogen) atoms. The van der Waals surface area contributed by atoms with Crippen molar-refractivity contribution in [3.63, 3.8) is 0 Å². The Morgan fingerprint density at radius 1 is 0.930 bits per heavy atom. The van der Waals surface area contributed by atoms with Crippen molar-refractivity contribution in [1.29, 1.82) is 0 Å². The molecule has 2 atom stereocenters. The lowest BCUT2D eigenvalue weighted by Crippen LogP contribution is -2.52. The molecule has 11 nitrogen and oxygen atoms in total. The largest absolute Gasteiger partial charge is 0.465 e. The molecule has 0 aliphatic carbocycles. The first-order valence-corrected chi connectivity index (χ1v) is 15.1. The number of aliphatic hydroxyl groups is 1. The molecule has 2 aromatic carbocycles. The van der Waals surface area contributed by atoms with E-state index >= 15 is 0 Å². The summed E-state index contributed by atoms with van der Waals surface area (Å²) in [7, 11) is 0. The van der Waals surface area contributed by atoms with E-state index in [1.165, 1.54) is 0 Å². The van der Waals surface area contributed by atoms with Gasteiger partial charge in [-0.1, -0.05) is 60.7 Å². The quantitative estimate of drug-likeness (QED) is 0.424. The smallest absolute Gasteiger partial charge is 0.410 e. The normalized spacial score (nSPS) is 21.1. The molecule has 2 aromatic rings. The summed E-state index contributed by atoms with van der Waals surface area (Å²) in [6.45, 7) is 4.22. The molecule has 5 rings (SSSR count). The Morgan fingerprint density at radius 2 is 1.60 bits per heavy atom. The lowest BCUT2D eigenvalue weighted by Gasteiger charge is -2.39. The van der Waals surface area contributed by atoms with Gasteiger partial charge in [0.25, 0.3) is 0 Å². The van der Waals surface area contributed by atoms with Gasteiger partial charge in [0.15, 0.2) is 0 Å². The van der Waals surface area contributed by atoms with Crippen molar-refractivity contribution in [2.24, 2.45) is 0 Å². The Hall–Kier alpha value is -3.67. The van der Waals surface area contributed by atoms with Crippen molar-refractivity contribution in [2.75, 3.05) is 52.5 Å². The molecule has 3 heterocycles. The van der Waals surface area contributed by atoms with Gasteiger partial charge < -0.3 is 39.7 Å². The summed E-state index contributed by atoms with van der Waals surface area (Å²) in [4.78, 5) is 40.5. The Balaban J connectivity index is 0.000000199. The van der Waals surface area contributed by atoms with Gasteiger partial charge in [0.2, 0.25) is 5.91 Å². The number of nitrogens with one attached hydrogen (secondary N) is 1. The van der Waals surface area contributed by atoms with E-state index in [0.717, 1.165) is 43.2 Å². The second-order valence-corrected chi connectivity index (χ2v) is 11.1. The minimum Gasteiger partial charge on any atom is -0.465 e. The number of piperidine rings is 2. The Morgan fingerprint density at radius 3 is 2.23 bits per heavy atom. The Kier molecular flexibility index (Phi) is 12.6. The summed E-state index contributed by atoms with van der Waals surface area (Å²) in [5.74, 6) is 0.0568. The molecule has 11 heteroatoms. The first kappa shape index (κ1) is 32.2. The summed E-state index contributed by atoms with van der Waals surface area (Å²) in [6.07, 6.45) is 2.81. The standard InChI is InChI=1S/C17H22N2O4.C15H22N2O3/c20-16-13-22-11-10-19(16)15-6-8-18(9-7-15)17(21)23-12-14-4-2-1-3-5-14;18-9-7-16-13-6-8-17(15(19)20)14(11-13)10-12-4-2-1-3-5-12/h1-5,15H,6-13H2;1-5,13-14,16,18H,6-11H2,(H,19,20). The third kappa shape index (κ3) is 9.94. The van der Waals surface area contributed by atoms with Crippen LogP contribution in [0.4, 0.5) is 9.59 Å². The molecule has 0 aromatic heterocycles. The van der Waals surface area contributed by atoms with Crippen LogP contribution in [0.5, 0.6) is 0 Å². The van der Waals surface area contributed by atoms with Crippen LogP contribution in [0.2, 0.25) is 0 Å². The molecule has 2 unspecified atom stereocenters. The molecule has 3 aliphatic rings. The SMILES string of the molecule is O=C(O)N1CCC(NCCO)CC1Cc1ccccc1.O=C(OCc1ccccc1)N1CCC(N2CCOCC2=O)CC1. The Labute approximate surface area is 253 Å². The minimum atomic E-state index is -0.841. The van der Waals surface area contributed by atoms with Crippen molar-refractivity contribution < 1.29 is 34.1 Å². The number of likely N-dealkylation sites (tertiary alicyclic amines) is 2. The van der Waals surface area contributed by atoms with E-state index in [-0.39, 0.29) is 43.3 Å². The molecule has 0 spiro atoms. The van der Waals surface area contributed by atoms with Crippen LogP contribution in [-0.2, 0) is 27.3 Å². The third-order valence-corrected chi connectivity index (χ3v) is 8.21. The first-order valence-electron chi connectivity index (χ1n) is 15.1. The zero-order chi connectivity index (χ0) is 30.4. The number of hydrogen-bond acceptors (Lipinski definition) is 7. The molecule has 234 valence electrons. The molecular weight excluding hydrogens is 552 g/mol. The highest BCUT2D eigenvalue weighted by Crippen LogP contribution is 2.22. The maximum absolute atomic E-state index is 12.1. The highest BCUT2D eigenvalue weighted by molar-refractivity contribution is 5.78. The highest BCUT2D eigenvalue weighted by atomic mass is 16.6. The van der Waals surface area contributed by atoms with Crippen molar-refractivity contribution in [2.45, 2.75) is 56.8 Å². The summed E-state index contributed by atoms with van der Waals surface area (Å²) in [5.41, 5.74) is 2.14. The number of amides is 3. The van der Waals surface area contributed by atoms with Gasteiger partial charge in [0.05, 0.1) is 13.2 Å². The lowest BCUT2D eigenvalue weighted by molar-refractivity contribution is -0.146. The first-order chi connectivity index (χ1) is 20.9. The summed E-state index contributed by atoms with van der Waals surface area (Å²) in [6, 6.07) is 20.1. The van der Waals surface area contributed by atoms with Gasteiger partial charge in [-0.25, -0.2) is 9.59 Å². The number of nitrogens with zero attached hydrogens (tertiary/aromatic N) is 3. The molecule has 0 bridgehead atoms. The number of morpholine rings is 1. The van der Waals surface area contributed by atoms with E-state index in [2.05, 4.69) is 5.32 Å². The fraction of sp³-hybridized carbons (Fsp3) is 0.531. The minimum absolute atomic E-state index is 0.000146. The number of ether oxygens (including phenoxy) is 2. The molecule has 3 N–H and O–H groups in total. The van der Waals surface area contributed by atoms with Crippen LogP contribution in [0.1, 0.15) is 36.8 Å². The highest BCUT2D eigenvalue weighted by Gasteiger charge is 2.32. The number of carboxylic acid groups (broad SMARTS) is 1. The van der Waals surface area contributed by atoms with Crippen molar-refractivity contribution >= 4 is 18.1 Å². The van der Waals surface area contributed by atoms with Crippen molar-refractivity contribution in [1.82, 2.24) is 20.0 Å². The van der Waals surface area contributed by atoms with Gasteiger partial charge in [0, 0.05) is 50.8 Å². The van der Waals surface area contributed by atoms with Gasteiger partial charge in [-0.3, -0.25) is 4.79 Å². The number of rotatable bonds is 8. The molecule has 0 radical (unpaired) electrons. The van der Waals surface area contributed by atoms with Crippen LogP contribution in [0, 0.1) is 0 Å². The maximum atomic E-state index is 12.1. The van der Waals surface area contributed by atoms with Gasteiger partial charge in [-0.2, -0.15) is 0 Å². The third-order valence-electron chi connectivity index (χ3n) is 8.21. The number of hydrogen-bond donors (Lipinski definition) is 3. The number of carbonyl (C=O) groups is 3. The summed E-state index contributed by atoms with van der Waals surface area (Å²) < 4.78 is 10.5. The van der Waals surface area contributed by atoms with E-state index in [1.807, 2.05) is 65.6 Å².